The molecule has 0 aliphatic carbocycles. The Labute approximate surface area is 88.6 Å². The highest BCUT2D eigenvalue weighted by molar-refractivity contribution is 6.40. The lowest BCUT2D eigenvalue weighted by atomic mass is 10.3. The van der Waals surface area contributed by atoms with Gasteiger partial charge in [0.25, 0.3) is 0 Å². The van der Waals surface area contributed by atoms with E-state index in [1.807, 2.05) is 0 Å². The number of esters is 1. The van der Waals surface area contributed by atoms with Gasteiger partial charge in [0.15, 0.2) is 0 Å². The van der Waals surface area contributed by atoms with Crippen molar-refractivity contribution in [1.82, 2.24) is 0 Å². The monoisotopic (exact) mass is 274 g/mol. The normalized spacial score (nSPS) is 13.5. The highest BCUT2D eigenvalue weighted by Crippen LogP contribution is 2.47. The smallest absolute Gasteiger partial charge is 0.408 e. The summed E-state index contributed by atoms with van der Waals surface area (Å²) < 4.78 is 85.9. The number of carbonyl (C=O) groups excluding carboxylic acids is 1. The zero-order chi connectivity index (χ0) is 13.4. The van der Waals surface area contributed by atoms with Crippen LogP contribution in [0.1, 0.15) is 0 Å². The highest BCUT2D eigenvalue weighted by atomic mass is 35.5. The van der Waals surface area contributed by atoms with Crippen LogP contribution in [-0.4, -0.2) is 24.2 Å². The van der Waals surface area contributed by atoms with Crippen molar-refractivity contribution in [2.24, 2.45) is 0 Å². The largest absolute Gasteiger partial charge is 0.470 e. The van der Waals surface area contributed by atoms with Crippen molar-refractivity contribution in [3.8, 4) is 0 Å². The first-order valence-corrected chi connectivity index (χ1v) is 3.61. The van der Waals surface area contributed by atoms with Crippen LogP contribution < -0.4 is 0 Å². The number of alkyl halides is 7. The molecule has 94 valence electrons. The summed E-state index contributed by atoms with van der Waals surface area (Å²) >= 11 is 4.66. The Bertz CT molecular complexity index is 291. The molecule has 0 bridgehead atoms. The van der Waals surface area contributed by atoms with E-state index in [1.54, 1.807) is 0 Å². The van der Waals surface area contributed by atoms with Crippen LogP contribution in [0.3, 0.4) is 0 Å². The van der Waals surface area contributed by atoms with E-state index < -0.39 is 29.2 Å². The first kappa shape index (κ1) is 15.0. The zero-order valence-electron chi connectivity index (χ0n) is 7.05. The predicted octanol–water partition coefficient (Wildman–Crippen LogP) is 3.07. The fourth-order valence-corrected chi connectivity index (χ4v) is 0.498. The minimum Gasteiger partial charge on any atom is -0.408 e. The molecule has 0 fully saturated rings. The van der Waals surface area contributed by atoms with Crippen molar-refractivity contribution < 1.29 is 40.3 Å². The van der Waals surface area contributed by atoms with Crippen LogP contribution in [0.25, 0.3) is 0 Å². The molecule has 0 aliphatic rings. The number of halogens is 8. The molecule has 16 heavy (non-hydrogen) atoms. The molecule has 10 heteroatoms. The van der Waals surface area contributed by atoms with E-state index in [0.717, 1.165) is 0 Å². The van der Waals surface area contributed by atoms with Gasteiger partial charge in [-0.3, -0.25) is 0 Å². The van der Waals surface area contributed by atoms with Gasteiger partial charge in [0.1, 0.15) is 5.03 Å². The molecule has 0 aromatic rings. The SMILES string of the molecule is C=C(Cl)C(=O)OC(F)(C(F)(F)F)C(F)(F)F. The molecule has 0 aliphatic heterocycles. The summed E-state index contributed by atoms with van der Waals surface area (Å²) in [5.74, 6) is -8.48. The first-order valence-electron chi connectivity index (χ1n) is 3.23. The first-order chi connectivity index (χ1) is 6.83. The molecule has 0 aromatic heterocycles. The molecule has 0 saturated heterocycles. The quantitative estimate of drug-likeness (QED) is 0.439. The van der Waals surface area contributed by atoms with Gasteiger partial charge in [0.05, 0.1) is 0 Å². The van der Waals surface area contributed by atoms with Gasteiger partial charge in [-0.15, -0.1) is 0 Å². The predicted molar refractivity (Wildman–Crippen MR) is 37.0 cm³/mol. The number of hydrogen-bond donors (Lipinski definition) is 0. The minimum atomic E-state index is -6.48. The van der Waals surface area contributed by atoms with E-state index >= 15 is 0 Å². The Hall–Kier alpha value is -0.990. The molecule has 2 nitrogen and oxygen atoms in total. The van der Waals surface area contributed by atoms with Crippen molar-refractivity contribution in [3.63, 3.8) is 0 Å². The highest BCUT2D eigenvalue weighted by Gasteiger charge is 2.76. The number of rotatable bonds is 2. The second-order valence-corrected chi connectivity index (χ2v) is 2.84. The summed E-state index contributed by atoms with van der Waals surface area (Å²) in [5.41, 5.74) is 0. The van der Waals surface area contributed by atoms with Crippen LogP contribution in [0.2, 0.25) is 0 Å². The molecule has 0 N–H and O–H groups in total. The maximum Gasteiger partial charge on any atom is 0.470 e. The molecule has 0 amide bonds. The lowest BCUT2D eigenvalue weighted by Crippen LogP contribution is -2.56. The maximum absolute atomic E-state index is 12.6. The average molecular weight is 275 g/mol. The van der Waals surface area contributed by atoms with Gasteiger partial charge < -0.3 is 4.74 Å². The molecule has 0 aromatic carbocycles. The second kappa shape index (κ2) is 4.11. The lowest BCUT2D eigenvalue weighted by molar-refractivity contribution is -0.416. The van der Waals surface area contributed by atoms with Gasteiger partial charge in [-0.1, -0.05) is 18.2 Å². The molecular formula is C6H2ClF7O2. The van der Waals surface area contributed by atoms with Crippen LogP contribution in [0, 0.1) is 0 Å². The van der Waals surface area contributed by atoms with Gasteiger partial charge in [0, 0.05) is 0 Å². The Morgan fingerprint density at radius 1 is 1.00 bits per heavy atom. The zero-order valence-corrected chi connectivity index (χ0v) is 7.80. The van der Waals surface area contributed by atoms with Gasteiger partial charge in [-0.2, -0.15) is 30.7 Å². The van der Waals surface area contributed by atoms with Crippen LogP contribution in [-0.2, 0) is 9.53 Å². The summed E-state index contributed by atoms with van der Waals surface area (Å²) in [6.45, 7) is 2.49. The van der Waals surface area contributed by atoms with Gasteiger partial charge in [-0.05, 0) is 0 Å². The minimum absolute atomic E-state index is 1.32. The summed E-state index contributed by atoms with van der Waals surface area (Å²) in [5, 5.41) is -1.32. The van der Waals surface area contributed by atoms with Crippen molar-refractivity contribution in [1.29, 1.82) is 0 Å². The Kier molecular flexibility index (Phi) is 3.86. The Balaban J connectivity index is 5.30. The van der Waals surface area contributed by atoms with Crippen molar-refractivity contribution in [2.45, 2.75) is 18.2 Å². The molecule has 0 spiro atoms. The van der Waals surface area contributed by atoms with Crippen molar-refractivity contribution in [2.75, 3.05) is 0 Å². The van der Waals surface area contributed by atoms with Crippen molar-refractivity contribution in [3.05, 3.63) is 11.6 Å². The molecule has 0 saturated carbocycles. The number of hydrogen-bond acceptors (Lipinski definition) is 2. The fraction of sp³-hybridized carbons (Fsp3) is 0.500. The van der Waals surface area contributed by atoms with E-state index in [0.29, 0.717) is 0 Å². The van der Waals surface area contributed by atoms with Gasteiger partial charge in [-0.25, -0.2) is 4.79 Å². The number of carbonyl (C=O) groups is 1. The van der Waals surface area contributed by atoms with Gasteiger partial charge in [0.2, 0.25) is 0 Å². The van der Waals surface area contributed by atoms with E-state index in [9.17, 15) is 35.5 Å². The fourth-order valence-electron chi connectivity index (χ4n) is 0.460. The van der Waals surface area contributed by atoms with Gasteiger partial charge >= 0.3 is 24.2 Å². The van der Waals surface area contributed by atoms with E-state index in [2.05, 4.69) is 22.9 Å². The molecular weight excluding hydrogens is 273 g/mol. The summed E-state index contributed by atoms with van der Waals surface area (Å²) in [7, 11) is 0. The van der Waals surface area contributed by atoms with Crippen LogP contribution in [0.15, 0.2) is 11.6 Å². The average Bonchev–Trinajstić information content (AvgIpc) is 1.99. The second-order valence-electron chi connectivity index (χ2n) is 2.39. The molecule has 0 heterocycles. The Morgan fingerprint density at radius 3 is 1.50 bits per heavy atom. The lowest BCUT2D eigenvalue weighted by Gasteiger charge is -2.28. The molecule has 0 atom stereocenters. The molecule has 0 rings (SSSR count). The standard InChI is InChI=1S/C6H2ClF7O2/c1-2(7)3(15)16-4(8,5(9,10)11)6(12,13)14/h1H2. The van der Waals surface area contributed by atoms with Crippen LogP contribution in [0.5, 0.6) is 0 Å². The Morgan fingerprint density at radius 2 is 1.31 bits per heavy atom. The van der Waals surface area contributed by atoms with Crippen molar-refractivity contribution >= 4 is 17.6 Å². The van der Waals surface area contributed by atoms with Crippen LogP contribution >= 0.6 is 11.6 Å². The summed E-state index contributed by atoms with van der Waals surface area (Å²) in [4.78, 5) is 10.4. The molecule has 0 radical (unpaired) electrons. The third-order valence-corrected chi connectivity index (χ3v) is 1.34. The van der Waals surface area contributed by atoms with Crippen LogP contribution in [0.4, 0.5) is 30.7 Å². The summed E-state index contributed by atoms with van der Waals surface area (Å²) in [6, 6.07) is 0. The third kappa shape index (κ3) is 2.77. The number of ether oxygens (including phenoxy) is 1. The summed E-state index contributed by atoms with van der Waals surface area (Å²) in [6.07, 6.45) is -13.0. The maximum atomic E-state index is 12.6. The van der Waals surface area contributed by atoms with E-state index in [-0.39, 0.29) is 0 Å². The molecule has 0 unspecified atom stereocenters. The van der Waals surface area contributed by atoms with E-state index in [1.165, 1.54) is 0 Å². The van der Waals surface area contributed by atoms with E-state index in [4.69, 9.17) is 0 Å². The topological polar surface area (TPSA) is 26.3 Å². The third-order valence-electron chi connectivity index (χ3n) is 1.18.